The molecule has 0 aromatic heterocycles. The topological polar surface area (TPSA) is 123 Å². The zero-order valence-electron chi connectivity index (χ0n) is 14.4. The van der Waals surface area contributed by atoms with E-state index in [0.717, 1.165) is 12.1 Å². The molecule has 8 nitrogen and oxygen atoms in total. The van der Waals surface area contributed by atoms with E-state index < -0.39 is 47.2 Å². The normalized spacial score (nSPS) is 12.0. The van der Waals surface area contributed by atoms with Crippen LogP contribution in [0.1, 0.15) is 11.1 Å². The van der Waals surface area contributed by atoms with Crippen LogP contribution in [0.15, 0.2) is 38.5 Å². The van der Waals surface area contributed by atoms with E-state index >= 15 is 0 Å². The van der Waals surface area contributed by atoms with Gasteiger partial charge in [0, 0.05) is 10.6 Å². The van der Waals surface area contributed by atoms with Crippen molar-refractivity contribution in [3.63, 3.8) is 0 Å². The fourth-order valence-electron chi connectivity index (χ4n) is 2.62. The van der Waals surface area contributed by atoms with Gasteiger partial charge in [0.25, 0.3) is 10.0 Å². The molecular weight excluding hydrogens is 486 g/mol. The van der Waals surface area contributed by atoms with Crippen molar-refractivity contribution in [3.8, 4) is 0 Å². The van der Waals surface area contributed by atoms with E-state index in [0.29, 0.717) is 12.1 Å². The molecule has 0 saturated carbocycles. The summed E-state index contributed by atoms with van der Waals surface area (Å²) in [5.41, 5.74) is 0.00166. The highest BCUT2D eigenvalue weighted by Crippen LogP contribution is 2.29. The zero-order chi connectivity index (χ0) is 21.4. The number of nitrogens with zero attached hydrogens (tertiary/aromatic N) is 1. The summed E-state index contributed by atoms with van der Waals surface area (Å²) in [7, 11) is -8.77. The lowest BCUT2D eigenvalue weighted by atomic mass is 10.1. The molecule has 0 bridgehead atoms. The zero-order valence-corrected chi connectivity index (χ0v) is 17.6. The Morgan fingerprint density at radius 2 is 1.57 bits per heavy atom. The van der Waals surface area contributed by atoms with Gasteiger partial charge in [-0.05, 0) is 65.2 Å². The number of hydrogen-bond acceptors (Lipinski definition) is 6. The third kappa shape index (κ3) is 4.64. The molecule has 0 radical (unpaired) electrons. The average molecular weight is 499 g/mol. The van der Waals surface area contributed by atoms with Crippen LogP contribution in [0.2, 0.25) is 0 Å². The lowest BCUT2D eigenvalue weighted by Gasteiger charge is -2.14. The first-order chi connectivity index (χ1) is 12.7. The van der Waals surface area contributed by atoms with Crippen LogP contribution in [0.3, 0.4) is 0 Å². The highest BCUT2D eigenvalue weighted by Gasteiger charge is 2.27. The van der Waals surface area contributed by atoms with Gasteiger partial charge in [-0.1, -0.05) is 0 Å². The molecule has 28 heavy (non-hydrogen) atoms. The second kappa shape index (κ2) is 7.72. The number of benzene rings is 2. The van der Waals surface area contributed by atoms with Crippen molar-refractivity contribution in [2.45, 2.75) is 23.6 Å². The molecule has 0 aliphatic carbocycles. The maximum Gasteiger partial charge on any atom is 0.305 e. The van der Waals surface area contributed by atoms with Gasteiger partial charge in [0.2, 0.25) is 9.84 Å². The molecule has 0 heterocycles. The Hall–Kier alpha value is -2.12. The van der Waals surface area contributed by atoms with Gasteiger partial charge in [0.15, 0.2) is 0 Å². The van der Waals surface area contributed by atoms with Crippen molar-refractivity contribution >= 4 is 41.5 Å². The minimum absolute atomic E-state index is 0.0574. The SMILES string of the molecule is Cc1cc(NS(=O)(=O)c2cc(F)c(Br)cc2F)cc(C)c1S(=O)(=O)C[N+](=O)[O-]. The summed E-state index contributed by atoms with van der Waals surface area (Å²) < 4.78 is 78.4. The first kappa shape index (κ1) is 22.2. The highest BCUT2D eigenvalue weighted by molar-refractivity contribution is 9.10. The van der Waals surface area contributed by atoms with E-state index in [1.54, 1.807) is 0 Å². The minimum Gasteiger partial charge on any atom is -0.280 e. The molecule has 0 amide bonds. The number of hydrogen-bond donors (Lipinski definition) is 1. The number of nitrogens with one attached hydrogen (secondary N) is 1. The molecular formula is C15H13BrF2N2O6S2. The number of aryl methyl sites for hydroxylation is 2. The molecule has 0 aliphatic heterocycles. The average Bonchev–Trinajstić information content (AvgIpc) is 2.47. The minimum atomic E-state index is -4.53. The molecule has 2 aromatic rings. The second-order valence-electron chi connectivity index (χ2n) is 5.82. The van der Waals surface area contributed by atoms with Crippen LogP contribution in [0.25, 0.3) is 0 Å². The predicted molar refractivity (Wildman–Crippen MR) is 99.8 cm³/mol. The van der Waals surface area contributed by atoms with Crippen LogP contribution < -0.4 is 4.72 Å². The smallest absolute Gasteiger partial charge is 0.280 e. The van der Waals surface area contributed by atoms with Crippen molar-refractivity contribution in [1.82, 2.24) is 0 Å². The maximum atomic E-state index is 14.0. The fraction of sp³-hybridized carbons (Fsp3) is 0.200. The number of rotatable bonds is 6. The summed E-state index contributed by atoms with van der Waals surface area (Å²) in [6, 6.07) is 3.42. The number of nitro groups is 1. The number of anilines is 1. The third-order valence-corrected chi connectivity index (χ3v) is 7.38. The molecule has 0 atom stereocenters. The predicted octanol–water partition coefficient (Wildman–Crippen LogP) is 3.15. The van der Waals surface area contributed by atoms with Crippen LogP contribution in [0, 0.1) is 35.6 Å². The molecule has 0 saturated heterocycles. The van der Waals surface area contributed by atoms with Gasteiger partial charge < -0.3 is 0 Å². The first-order valence-electron chi connectivity index (χ1n) is 7.38. The van der Waals surface area contributed by atoms with E-state index in [-0.39, 0.29) is 26.2 Å². The summed E-state index contributed by atoms with van der Waals surface area (Å²) in [4.78, 5) is 8.35. The maximum absolute atomic E-state index is 14.0. The quantitative estimate of drug-likeness (QED) is 0.370. The van der Waals surface area contributed by atoms with Crippen molar-refractivity contribution in [2.24, 2.45) is 0 Å². The van der Waals surface area contributed by atoms with Crippen LogP contribution >= 0.6 is 15.9 Å². The molecule has 152 valence electrons. The molecule has 2 rings (SSSR count). The summed E-state index contributed by atoms with van der Waals surface area (Å²) in [5.74, 6) is -3.50. The Labute approximate surface area is 167 Å². The summed E-state index contributed by atoms with van der Waals surface area (Å²) in [6.45, 7) is 2.66. The van der Waals surface area contributed by atoms with Gasteiger partial charge in [-0.15, -0.1) is 0 Å². The Kier molecular flexibility index (Phi) is 6.11. The van der Waals surface area contributed by atoms with Gasteiger partial charge in [0.1, 0.15) is 16.5 Å². The molecule has 0 spiro atoms. The van der Waals surface area contributed by atoms with Crippen LogP contribution in [0.5, 0.6) is 0 Å². The third-order valence-electron chi connectivity index (χ3n) is 3.56. The molecule has 0 aliphatic rings. The van der Waals surface area contributed by atoms with Crippen LogP contribution in [-0.4, -0.2) is 27.6 Å². The Bertz CT molecular complexity index is 1160. The summed E-state index contributed by atoms with van der Waals surface area (Å²) in [6.07, 6.45) is 0. The van der Waals surface area contributed by atoms with Crippen molar-refractivity contribution < 1.29 is 30.5 Å². The van der Waals surface area contributed by atoms with Crippen molar-refractivity contribution in [2.75, 3.05) is 10.6 Å². The van der Waals surface area contributed by atoms with Crippen molar-refractivity contribution in [1.29, 1.82) is 0 Å². The van der Waals surface area contributed by atoms with Gasteiger partial charge in [-0.2, -0.15) is 0 Å². The standard InChI is InChI=1S/C15H13BrF2N2O6S2/c1-8-3-10(4-9(2)15(8)27(23,24)7-20(21)22)19-28(25,26)14-6-12(17)11(16)5-13(14)18/h3-6,19H,7H2,1-2H3. The Morgan fingerprint density at radius 1 is 1.04 bits per heavy atom. The van der Waals surface area contributed by atoms with E-state index in [2.05, 4.69) is 15.9 Å². The van der Waals surface area contributed by atoms with Gasteiger partial charge in [0.05, 0.1) is 9.37 Å². The highest BCUT2D eigenvalue weighted by atomic mass is 79.9. The molecule has 1 N–H and O–H groups in total. The first-order valence-corrected chi connectivity index (χ1v) is 11.3. The largest absolute Gasteiger partial charge is 0.305 e. The van der Waals surface area contributed by atoms with Crippen LogP contribution in [-0.2, 0) is 19.9 Å². The lowest BCUT2D eigenvalue weighted by Crippen LogP contribution is -2.18. The Morgan fingerprint density at radius 3 is 2.07 bits per heavy atom. The van der Waals surface area contributed by atoms with Crippen LogP contribution in [0.4, 0.5) is 14.5 Å². The van der Waals surface area contributed by atoms with E-state index in [4.69, 9.17) is 0 Å². The molecule has 2 aromatic carbocycles. The summed E-state index contributed by atoms with van der Waals surface area (Å²) >= 11 is 2.74. The van der Waals surface area contributed by atoms with Gasteiger partial charge in [-0.25, -0.2) is 25.6 Å². The number of sulfone groups is 1. The van der Waals surface area contributed by atoms with E-state index in [1.807, 2.05) is 4.72 Å². The van der Waals surface area contributed by atoms with Crippen molar-refractivity contribution in [3.05, 3.63) is 61.6 Å². The van der Waals surface area contributed by atoms with E-state index in [9.17, 15) is 35.7 Å². The monoisotopic (exact) mass is 498 g/mol. The van der Waals surface area contributed by atoms with E-state index in [1.165, 1.54) is 13.8 Å². The number of sulfonamides is 1. The molecule has 0 fully saturated rings. The van der Waals surface area contributed by atoms with Gasteiger partial charge >= 0.3 is 5.88 Å². The lowest BCUT2D eigenvalue weighted by molar-refractivity contribution is -0.458. The molecule has 13 heteroatoms. The van der Waals surface area contributed by atoms with Gasteiger partial charge in [-0.3, -0.25) is 14.8 Å². The Balaban J connectivity index is 2.49. The summed E-state index contributed by atoms with van der Waals surface area (Å²) in [5, 5.41) is 10.6. The second-order valence-corrected chi connectivity index (χ2v) is 10.2. The molecule has 0 unspecified atom stereocenters. The fourth-order valence-corrected chi connectivity index (χ4v) is 5.56. The number of halogens is 3.